The number of hydrogen-bond acceptors (Lipinski definition) is 1. The van der Waals surface area contributed by atoms with Gasteiger partial charge in [-0.05, 0) is 85.9 Å². The first-order valence-electron chi connectivity index (χ1n) is 15.4. The number of hydrogen-bond donors (Lipinski definition) is 0. The third-order valence-electron chi connectivity index (χ3n) is 8.65. The average molecular weight is 574 g/mol. The van der Waals surface area contributed by atoms with E-state index in [0.29, 0.717) is 0 Å². The minimum Gasteiger partial charge on any atom is -0.310 e. The Kier molecular flexibility index (Phi) is 6.90. The molecule has 8 aromatic carbocycles. The summed E-state index contributed by atoms with van der Waals surface area (Å²) in [5, 5.41) is 4.91. The van der Waals surface area contributed by atoms with E-state index in [0.717, 1.165) is 17.1 Å². The lowest BCUT2D eigenvalue weighted by atomic mass is 9.91. The number of fused-ring (bicyclic) bond motifs is 2. The van der Waals surface area contributed by atoms with Gasteiger partial charge in [-0.1, -0.05) is 152 Å². The second-order valence-electron chi connectivity index (χ2n) is 11.4. The van der Waals surface area contributed by atoms with Crippen molar-refractivity contribution in [1.82, 2.24) is 0 Å². The summed E-state index contributed by atoms with van der Waals surface area (Å²) in [5.41, 5.74) is 10.7. The maximum absolute atomic E-state index is 2.38. The number of nitrogens with zero attached hydrogens (tertiary/aromatic N) is 1. The molecule has 0 saturated heterocycles. The van der Waals surface area contributed by atoms with Crippen molar-refractivity contribution < 1.29 is 0 Å². The van der Waals surface area contributed by atoms with E-state index in [1.165, 1.54) is 54.9 Å². The molecule has 0 aliphatic heterocycles. The molecule has 0 spiro atoms. The van der Waals surface area contributed by atoms with Crippen LogP contribution >= 0.6 is 0 Å². The normalized spacial score (nSPS) is 11.1. The summed E-state index contributed by atoms with van der Waals surface area (Å²) < 4.78 is 0. The van der Waals surface area contributed by atoms with Crippen molar-refractivity contribution in [2.24, 2.45) is 0 Å². The summed E-state index contributed by atoms with van der Waals surface area (Å²) in [6.07, 6.45) is 0. The zero-order valence-corrected chi connectivity index (χ0v) is 24.8. The topological polar surface area (TPSA) is 3.24 Å². The minimum atomic E-state index is 1.12. The molecule has 8 rings (SSSR count). The molecule has 8 aromatic rings. The fraction of sp³-hybridized carbons (Fsp3) is 0. The Balaban J connectivity index is 1.24. The van der Waals surface area contributed by atoms with Crippen molar-refractivity contribution in [3.63, 3.8) is 0 Å². The number of anilines is 3. The molecule has 0 unspecified atom stereocenters. The average Bonchev–Trinajstić information content (AvgIpc) is 3.12. The SMILES string of the molecule is c1ccc(-c2ccc(-c3ccc(N(c4ccc5ccccc5c4)c4cccc5ccccc45)cc3)cc2-c2ccccc2)cc1. The maximum atomic E-state index is 2.38. The molecule has 0 aliphatic rings. The van der Waals surface area contributed by atoms with Gasteiger partial charge < -0.3 is 4.90 Å². The van der Waals surface area contributed by atoms with Gasteiger partial charge in [0, 0.05) is 16.8 Å². The lowest BCUT2D eigenvalue weighted by Gasteiger charge is -2.27. The van der Waals surface area contributed by atoms with Crippen LogP contribution in [-0.4, -0.2) is 0 Å². The molecule has 0 fully saturated rings. The van der Waals surface area contributed by atoms with E-state index in [2.05, 4.69) is 193 Å². The highest BCUT2D eigenvalue weighted by atomic mass is 15.1. The number of rotatable bonds is 6. The van der Waals surface area contributed by atoms with Gasteiger partial charge in [-0.25, -0.2) is 0 Å². The van der Waals surface area contributed by atoms with Crippen LogP contribution in [0.1, 0.15) is 0 Å². The van der Waals surface area contributed by atoms with Crippen molar-refractivity contribution in [3.05, 3.63) is 188 Å². The Labute approximate surface area is 264 Å². The zero-order valence-electron chi connectivity index (χ0n) is 24.8. The third kappa shape index (κ3) is 5.15. The summed E-state index contributed by atoms with van der Waals surface area (Å²) in [6.45, 7) is 0. The molecule has 0 heterocycles. The molecular weight excluding hydrogens is 542 g/mol. The van der Waals surface area contributed by atoms with Crippen molar-refractivity contribution in [2.75, 3.05) is 4.90 Å². The first-order valence-corrected chi connectivity index (χ1v) is 15.4. The first kappa shape index (κ1) is 26.7. The Morgan fingerprint density at radius 1 is 0.289 bits per heavy atom. The van der Waals surface area contributed by atoms with Crippen LogP contribution in [0.25, 0.3) is 54.9 Å². The second-order valence-corrected chi connectivity index (χ2v) is 11.4. The van der Waals surface area contributed by atoms with Crippen LogP contribution in [0.2, 0.25) is 0 Å². The standard InChI is InChI=1S/C44H31N/c1-3-13-34(14-4-1)41-29-25-38(31-43(41)36-15-5-2-6-16-36)33-22-26-39(27-23-33)45(40-28-24-32-12-7-8-18-37(32)30-40)44-21-11-19-35-17-9-10-20-42(35)44/h1-31H. The van der Waals surface area contributed by atoms with Gasteiger partial charge in [0.15, 0.2) is 0 Å². The van der Waals surface area contributed by atoms with Gasteiger partial charge in [0.1, 0.15) is 0 Å². The Morgan fingerprint density at radius 2 is 0.867 bits per heavy atom. The predicted octanol–water partition coefficient (Wildman–Crippen LogP) is 12.5. The molecule has 0 saturated carbocycles. The van der Waals surface area contributed by atoms with Crippen LogP contribution in [0.3, 0.4) is 0 Å². The van der Waals surface area contributed by atoms with E-state index >= 15 is 0 Å². The molecule has 45 heavy (non-hydrogen) atoms. The van der Waals surface area contributed by atoms with Crippen LogP contribution in [0.5, 0.6) is 0 Å². The Bertz CT molecular complexity index is 2250. The highest BCUT2D eigenvalue weighted by Gasteiger charge is 2.16. The van der Waals surface area contributed by atoms with Crippen molar-refractivity contribution in [1.29, 1.82) is 0 Å². The van der Waals surface area contributed by atoms with Crippen LogP contribution in [0.15, 0.2) is 188 Å². The molecule has 1 heteroatoms. The Hall–Kier alpha value is -5.92. The summed E-state index contributed by atoms with van der Waals surface area (Å²) >= 11 is 0. The van der Waals surface area contributed by atoms with Gasteiger partial charge in [0.05, 0.1) is 5.69 Å². The smallest absolute Gasteiger partial charge is 0.0540 e. The van der Waals surface area contributed by atoms with Gasteiger partial charge in [0.25, 0.3) is 0 Å². The highest BCUT2D eigenvalue weighted by Crippen LogP contribution is 2.41. The molecular formula is C44H31N. The molecule has 0 N–H and O–H groups in total. The van der Waals surface area contributed by atoms with Crippen LogP contribution < -0.4 is 4.90 Å². The number of benzene rings is 8. The molecule has 0 aromatic heterocycles. The van der Waals surface area contributed by atoms with Crippen molar-refractivity contribution >= 4 is 38.6 Å². The first-order chi connectivity index (χ1) is 22.3. The highest BCUT2D eigenvalue weighted by molar-refractivity contribution is 6.00. The summed E-state index contributed by atoms with van der Waals surface area (Å²) in [5.74, 6) is 0. The lowest BCUT2D eigenvalue weighted by Crippen LogP contribution is -2.10. The monoisotopic (exact) mass is 573 g/mol. The van der Waals surface area contributed by atoms with Gasteiger partial charge in [-0.2, -0.15) is 0 Å². The molecule has 0 aliphatic carbocycles. The Morgan fingerprint density at radius 3 is 1.62 bits per heavy atom. The second kappa shape index (κ2) is 11.6. The van der Waals surface area contributed by atoms with E-state index < -0.39 is 0 Å². The fourth-order valence-corrected chi connectivity index (χ4v) is 6.40. The largest absolute Gasteiger partial charge is 0.310 e. The van der Waals surface area contributed by atoms with Crippen LogP contribution in [0, 0.1) is 0 Å². The van der Waals surface area contributed by atoms with E-state index in [4.69, 9.17) is 0 Å². The molecule has 212 valence electrons. The van der Waals surface area contributed by atoms with Gasteiger partial charge in [0.2, 0.25) is 0 Å². The van der Waals surface area contributed by atoms with E-state index in [9.17, 15) is 0 Å². The molecule has 0 radical (unpaired) electrons. The molecule has 0 atom stereocenters. The summed E-state index contributed by atoms with van der Waals surface area (Å²) in [6, 6.07) is 67.7. The van der Waals surface area contributed by atoms with Crippen molar-refractivity contribution in [2.45, 2.75) is 0 Å². The van der Waals surface area contributed by atoms with Gasteiger partial charge >= 0.3 is 0 Å². The molecule has 0 amide bonds. The summed E-state index contributed by atoms with van der Waals surface area (Å²) in [4.78, 5) is 2.38. The quantitative estimate of drug-likeness (QED) is 0.191. The third-order valence-corrected chi connectivity index (χ3v) is 8.65. The summed E-state index contributed by atoms with van der Waals surface area (Å²) in [7, 11) is 0. The molecule has 1 nitrogen and oxygen atoms in total. The van der Waals surface area contributed by atoms with E-state index in [1.807, 2.05) is 0 Å². The molecule has 0 bridgehead atoms. The van der Waals surface area contributed by atoms with Crippen molar-refractivity contribution in [3.8, 4) is 33.4 Å². The van der Waals surface area contributed by atoms with Gasteiger partial charge in [-0.3, -0.25) is 0 Å². The predicted molar refractivity (Wildman–Crippen MR) is 192 cm³/mol. The van der Waals surface area contributed by atoms with Crippen LogP contribution in [0.4, 0.5) is 17.1 Å². The maximum Gasteiger partial charge on any atom is 0.0540 e. The minimum absolute atomic E-state index is 1.12. The zero-order chi connectivity index (χ0) is 30.0. The van der Waals surface area contributed by atoms with E-state index in [1.54, 1.807) is 0 Å². The fourth-order valence-electron chi connectivity index (χ4n) is 6.40. The van der Waals surface area contributed by atoms with Crippen LogP contribution in [-0.2, 0) is 0 Å². The lowest BCUT2D eigenvalue weighted by molar-refractivity contribution is 1.30. The van der Waals surface area contributed by atoms with Gasteiger partial charge in [-0.15, -0.1) is 0 Å². The van der Waals surface area contributed by atoms with E-state index in [-0.39, 0.29) is 0 Å².